The Labute approximate surface area is 238 Å². The summed E-state index contributed by atoms with van der Waals surface area (Å²) in [6, 6.07) is 24.8. The molecule has 3 saturated carbocycles. The molecule has 4 fully saturated rings. The second-order valence-corrected chi connectivity index (χ2v) is 12.6. The van der Waals surface area contributed by atoms with E-state index in [1.54, 1.807) is 0 Å². The van der Waals surface area contributed by atoms with Crippen LogP contribution in [0.3, 0.4) is 0 Å². The van der Waals surface area contributed by atoms with Crippen molar-refractivity contribution in [3.8, 4) is 0 Å². The van der Waals surface area contributed by atoms with Gasteiger partial charge in [0.05, 0.1) is 11.7 Å². The lowest BCUT2D eigenvalue weighted by molar-refractivity contribution is -0.403. The van der Waals surface area contributed by atoms with Crippen molar-refractivity contribution in [3.63, 3.8) is 0 Å². The number of carbonyl (C=O) groups is 1. The van der Waals surface area contributed by atoms with Gasteiger partial charge in [0.1, 0.15) is 0 Å². The summed E-state index contributed by atoms with van der Waals surface area (Å²) in [6.07, 6.45) is 3.81. The van der Waals surface area contributed by atoms with Crippen molar-refractivity contribution >= 4 is 23.8 Å². The molecule has 206 valence electrons. The van der Waals surface area contributed by atoms with E-state index in [-0.39, 0.29) is 49.0 Å². The first-order valence-corrected chi connectivity index (χ1v) is 14.2. The van der Waals surface area contributed by atoms with Crippen LogP contribution in [-0.4, -0.2) is 37.3 Å². The van der Waals surface area contributed by atoms with Gasteiger partial charge in [0, 0.05) is 18.8 Å². The molecule has 0 radical (unpaired) electrons. The largest absolute Gasteiger partial charge is 1.00 e. The highest BCUT2D eigenvalue weighted by Crippen LogP contribution is 2.66. The summed E-state index contributed by atoms with van der Waals surface area (Å²) >= 11 is 0. The summed E-state index contributed by atoms with van der Waals surface area (Å²) in [4.78, 5) is 13.1. The lowest BCUT2D eigenvalue weighted by atomic mass is 9.43. The van der Waals surface area contributed by atoms with E-state index in [2.05, 4.69) is 74.3 Å². The van der Waals surface area contributed by atoms with E-state index in [0.717, 1.165) is 18.4 Å². The predicted octanol–water partition coefficient (Wildman–Crippen LogP) is 1.45. The molecule has 3 aliphatic carbocycles. The molecule has 5 nitrogen and oxygen atoms in total. The Balaban J connectivity index is 0.00000308. The number of quaternary nitrogens is 1. The molecule has 7 heteroatoms. The van der Waals surface area contributed by atoms with Crippen LogP contribution in [0.1, 0.15) is 44.7 Å². The van der Waals surface area contributed by atoms with Gasteiger partial charge in [0.25, 0.3) is 5.91 Å². The molecular weight excluding hydrogens is 507 g/mol. The Morgan fingerprint density at radius 3 is 2.44 bits per heavy atom. The molecule has 1 saturated heterocycles. The molecule has 4 aliphatic rings. The van der Waals surface area contributed by atoms with Gasteiger partial charge in [-0.05, 0) is 65.3 Å². The average Bonchev–Trinajstić information content (AvgIpc) is 3.28. The fraction of sp³-hybridized carbons (Fsp3) is 0.469. The molecule has 0 aromatic heterocycles. The molecule has 3 aromatic rings. The smallest absolute Gasteiger partial charge is 0.463 e. The molecule has 0 spiro atoms. The second-order valence-electron chi connectivity index (χ2n) is 12.6. The zero-order valence-corrected chi connectivity index (χ0v) is 24.0. The Bertz CT molecular complexity index is 1320. The first-order valence-electron chi connectivity index (χ1n) is 14.2. The fourth-order valence-corrected chi connectivity index (χ4v) is 7.40. The normalized spacial score (nSPS) is 28.1. The van der Waals surface area contributed by atoms with Crippen molar-refractivity contribution in [3.05, 3.63) is 83.9 Å². The molecule has 1 amide bonds. The Morgan fingerprint density at radius 2 is 1.69 bits per heavy atom. The van der Waals surface area contributed by atoms with Gasteiger partial charge in [-0.2, -0.15) is 0 Å². The Hall–Kier alpha value is -2.38. The fourth-order valence-electron chi connectivity index (χ4n) is 7.40. The molecule has 6 atom stereocenters. The lowest BCUT2D eigenvalue weighted by Gasteiger charge is -2.64. The minimum atomic E-state index is -0.350. The summed E-state index contributed by atoms with van der Waals surface area (Å²) in [6.45, 7) is 7.53. The van der Waals surface area contributed by atoms with Crippen LogP contribution in [0, 0.1) is 17.3 Å². The molecule has 4 N–H and O–H groups in total. The van der Waals surface area contributed by atoms with Gasteiger partial charge in [0.15, 0.2) is 6.04 Å². The molecule has 1 aliphatic heterocycles. The van der Waals surface area contributed by atoms with E-state index in [4.69, 9.17) is 9.31 Å². The van der Waals surface area contributed by atoms with Crippen LogP contribution < -0.4 is 23.5 Å². The number of benzene rings is 3. The van der Waals surface area contributed by atoms with Crippen LogP contribution in [0.15, 0.2) is 72.8 Å². The van der Waals surface area contributed by atoms with Gasteiger partial charge in [0.2, 0.25) is 0 Å². The number of nitrogens with one attached hydrogen (secondary N) is 1. The van der Waals surface area contributed by atoms with E-state index < -0.39 is 0 Å². The Kier molecular flexibility index (Phi) is 7.86. The third-order valence-corrected chi connectivity index (χ3v) is 9.90. The van der Waals surface area contributed by atoms with E-state index in [9.17, 15) is 4.79 Å². The number of amides is 1. The molecule has 2 bridgehead atoms. The van der Waals surface area contributed by atoms with Crippen LogP contribution in [0.2, 0.25) is 5.82 Å². The van der Waals surface area contributed by atoms with Crippen molar-refractivity contribution in [2.24, 2.45) is 17.3 Å². The van der Waals surface area contributed by atoms with Crippen LogP contribution in [0.4, 0.5) is 0 Å². The average molecular weight is 547 g/mol. The van der Waals surface area contributed by atoms with Gasteiger partial charge in [-0.1, -0.05) is 86.6 Å². The van der Waals surface area contributed by atoms with Crippen molar-refractivity contribution in [1.82, 2.24) is 5.32 Å². The van der Waals surface area contributed by atoms with Crippen molar-refractivity contribution in [2.75, 3.05) is 6.54 Å². The maximum Gasteiger partial charge on any atom is 0.463 e. The van der Waals surface area contributed by atoms with Crippen LogP contribution >= 0.6 is 0 Å². The highest BCUT2D eigenvalue weighted by atomic mass is 35.5. The minimum Gasteiger partial charge on any atom is -1.00 e. The van der Waals surface area contributed by atoms with Crippen molar-refractivity contribution < 1.29 is 32.2 Å². The summed E-state index contributed by atoms with van der Waals surface area (Å²) in [5.41, 5.74) is 6.54. The van der Waals surface area contributed by atoms with Gasteiger partial charge in [-0.25, -0.2) is 0 Å². The zero-order chi connectivity index (χ0) is 26.5. The van der Waals surface area contributed by atoms with Crippen LogP contribution in [-0.2, 0) is 26.9 Å². The summed E-state index contributed by atoms with van der Waals surface area (Å²) < 4.78 is 13.5. The quantitative estimate of drug-likeness (QED) is 0.420. The van der Waals surface area contributed by atoms with Gasteiger partial charge in [-0.15, -0.1) is 0 Å². The monoisotopic (exact) mass is 546 g/mol. The van der Waals surface area contributed by atoms with Crippen LogP contribution in [0.25, 0.3) is 10.8 Å². The number of hydrogen-bond donors (Lipinski definition) is 2. The number of fused-ring (bicyclic) bond motifs is 1. The lowest BCUT2D eigenvalue weighted by Crippen LogP contribution is -3.00. The number of halogens is 1. The van der Waals surface area contributed by atoms with Crippen molar-refractivity contribution in [1.29, 1.82) is 0 Å². The third kappa shape index (κ3) is 5.25. The Morgan fingerprint density at radius 1 is 0.974 bits per heavy atom. The maximum absolute atomic E-state index is 13.1. The highest BCUT2D eigenvalue weighted by Gasteiger charge is 2.68. The summed E-state index contributed by atoms with van der Waals surface area (Å²) in [7, 11) is -0.343. The van der Waals surface area contributed by atoms with Crippen molar-refractivity contribution in [2.45, 2.75) is 70.0 Å². The first-order chi connectivity index (χ1) is 18.2. The standard InChI is InChI=1S/C32H39BN2O3.ClH/c1-31(2)25-18-28(31)32(3)29(19-25)37-33(38-32)26(16-22-13-14-23-11-7-8-12-24(23)15-22)20-35-30(36)27(34)17-21-9-5-4-6-10-21;/h4-15,25-29H,16-20,34H2,1-3H3,(H,35,36);1H/t25-,26?,27+,28-,29+,32-;/m1./s1. The van der Waals surface area contributed by atoms with E-state index in [0.29, 0.717) is 30.2 Å². The van der Waals surface area contributed by atoms with Gasteiger partial charge in [-0.3, -0.25) is 4.79 Å². The number of hydrogen-bond acceptors (Lipinski definition) is 3. The molecule has 39 heavy (non-hydrogen) atoms. The topological polar surface area (TPSA) is 75.2 Å². The third-order valence-electron chi connectivity index (χ3n) is 9.90. The highest BCUT2D eigenvalue weighted by molar-refractivity contribution is 6.47. The predicted molar refractivity (Wildman–Crippen MR) is 151 cm³/mol. The summed E-state index contributed by atoms with van der Waals surface area (Å²) in [5.74, 6) is 1.19. The number of carbonyl (C=O) groups excluding carboxylic acids is 1. The van der Waals surface area contributed by atoms with E-state index in [1.165, 1.54) is 22.8 Å². The SMILES string of the molecule is CC1(C)[C@H]2C[C@@H]3OB(C(CNC(=O)[C@@H]([NH3+])Cc4ccccc4)Cc4ccc5ccccc5c4)O[C@]3(C)[C@@H]1C2.[Cl-]. The molecular formula is C32H40BClN2O3. The first kappa shape index (κ1) is 28.2. The van der Waals surface area contributed by atoms with E-state index in [1.807, 2.05) is 30.3 Å². The molecule has 3 aromatic carbocycles. The maximum atomic E-state index is 13.1. The second kappa shape index (κ2) is 10.9. The molecule has 1 heterocycles. The zero-order valence-electron chi connectivity index (χ0n) is 23.2. The summed E-state index contributed by atoms with van der Waals surface area (Å²) in [5, 5.41) is 5.67. The van der Waals surface area contributed by atoms with Gasteiger partial charge < -0.3 is 32.8 Å². The minimum absolute atomic E-state index is 0. The molecule has 1 unspecified atom stereocenters. The van der Waals surface area contributed by atoms with E-state index >= 15 is 0 Å². The molecule has 7 rings (SSSR count). The van der Waals surface area contributed by atoms with Crippen LogP contribution in [0.5, 0.6) is 0 Å². The van der Waals surface area contributed by atoms with Gasteiger partial charge >= 0.3 is 7.12 Å². The number of rotatable bonds is 8.